The first-order valence-corrected chi connectivity index (χ1v) is 9.63. The summed E-state index contributed by atoms with van der Waals surface area (Å²) in [7, 11) is 0. The number of carbonyl (C=O) groups excluding carboxylic acids is 2. The minimum atomic E-state index is -0.789. The Kier molecular flexibility index (Phi) is 4.97. The Morgan fingerprint density at radius 1 is 1.11 bits per heavy atom. The first-order chi connectivity index (χ1) is 13.1. The van der Waals surface area contributed by atoms with Crippen LogP contribution in [0.15, 0.2) is 39.5 Å². The molecule has 2 atom stereocenters. The molecule has 1 saturated carbocycles. The van der Waals surface area contributed by atoms with Crippen molar-refractivity contribution in [3.63, 3.8) is 0 Å². The number of para-hydroxylation sites is 1. The molecule has 0 spiro atoms. The number of nitrogens with zero attached hydrogens (tertiary/aromatic N) is 1. The van der Waals surface area contributed by atoms with Crippen LogP contribution in [0.2, 0.25) is 0 Å². The van der Waals surface area contributed by atoms with E-state index in [2.05, 4.69) is 0 Å². The largest absolute Gasteiger partial charge is 0.450 e. The summed E-state index contributed by atoms with van der Waals surface area (Å²) in [5, 5.41) is 0.404. The summed E-state index contributed by atoms with van der Waals surface area (Å²) in [4.78, 5) is 38.9. The fourth-order valence-electron chi connectivity index (χ4n) is 4.42. The average molecular weight is 369 g/mol. The second-order valence-electron chi connectivity index (χ2n) is 7.39. The Labute approximate surface area is 157 Å². The normalized spacial score (nSPS) is 22.3. The van der Waals surface area contributed by atoms with Gasteiger partial charge < -0.3 is 14.1 Å². The quantitative estimate of drug-likeness (QED) is 0.777. The van der Waals surface area contributed by atoms with Crippen molar-refractivity contribution in [2.45, 2.75) is 44.6 Å². The smallest absolute Gasteiger partial charge is 0.374 e. The molecule has 142 valence electrons. The lowest BCUT2D eigenvalue weighted by molar-refractivity contribution is -0.140. The van der Waals surface area contributed by atoms with E-state index < -0.39 is 5.97 Å². The second kappa shape index (κ2) is 7.55. The van der Waals surface area contributed by atoms with E-state index in [1.165, 1.54) is 19.3 Å². The van der Waals surface area contributed by atoms with Crippen LogP contribution in [-0.4, -0.2) is 36.0 Å². The zero-order chi connectivity index (χ0) is 18.8. The first kappa shape index (κ1) is 17.8. The van der Waals surface area contributed by atoms with Crippen molar-refractivity contribution in [2.24, 2.45) is 5.92 Å². The predicted molar refractivity (Wildman–Crippen MR) is 99.5 cm³/mol. The molecule has 1 aromatic heterocycles. The number of likely N-dealkylation sites (tertiary alicyclic amines) is 1. The highest BCUT2D eigenvalue weighted by molar-refractivity contribution is 5.90. The van der Waals surface area contributed by atoms with Gasteiger partial charge in [0.15, 0.2) is 12.0 Å². The summed E-state index contributed by atoms with van der Waals surface area (Å²) in [6, 6.07) is 8.10. The van der Waals surface area contributed by atoms with E-state index in [-0.39, 0.29) is 29.7 Å². The van der Waals surface area contributed by atoms with Gasteiger partial charge in [0.2, 0.25) is 5.76 Å². The van der Waals surface area contributed by atoms with Crippen LogP contribution < -0.4 is 5.43 Å². The summed E-state index contributed by atoms with van der Waals surface area (Å²) in [6.45, 7) is 0.404. The zero-order valence-electron chi connectivity index (χ0n) is 15.2. The van der Waals surface area contributed by atoms with Gasteiger partial charge in [-0.3, -0.25) is 9.59 Å². The first-order valence-electron chi connectivity index (χ1n) is 9.63. The third kappa shape index (κ3) is 3.61. The highest BCUT2D eigenvalue weighted by atomic mass is 16.5. The van der Waals surface area contributed by atoms with Gasteiger partial charge in [0.25, 0.3) is 5.91 Å². The van der Waals surface area contributed by atoms with E-state index in [0.717, 1.165) is 31.9 Å². The molecule has 4 rings (SSSR count). The third-order valence-corrected chi connectivity index (χ3v) is 5.73. The van der Waals surface area contributed by atoms with Gasteiger partial charge in [-0.15, -0.1) is 0 Å². The molecule has 0 bridgehead atoms. The molecule has 2 aromatic rings. The lowest BCUT2D eigenvalue weighted by Crippen LogP contribution is -2.50. The fraction of sp³-hybridized carbons (Fsp3) is 0.476. The molecule has 2 heterocycles. The van der Waals surface area contributed by atoms with Gasteiger partial charge in [0.05, 0.1) is 5.39 Å². The fourth-order valence-corrected chi connectivity index (χ4v) is 4.42. The van der Waals surface area contributed by atoms with Crippen molar-refractivity contribution >= 4 is 22.8 Å². The van der Waals surface area contributed by atoms with E-state index in [1.54, 1.807) is 24.3 Å². The summed E-state index contributed by atoms with van der Waals surface area (Å²) in [5.41, 5.74) is 0.0144. The maximum Gasteiger partial charge on any atom is 0.374 e. The summed E-state index contributed by atoms with van der Waals surface area (Å²) in [5.74, 6) is -0.558. The highest BCUT2D eigenvalue weighted by Gasteiger charge is 2.35. The van der Waals surface area contributed by atoms with E-state index in [0.29, 0.717) is 16.9 Å². The minimum absolute atomic E-state index is 0.164. The van der Waals surface area contributed by atoms with Crippen LogP contribution in [0.5, 0.6) is 0 Å². The molecule has 2 aliphatic rings. The summed E-state index contributed by atoms with van der Waals surface area (Å²) < 4.78 is 10.6. The van der Waals surface area contributed by atoms with Crippen molar-refractivity contribution in [1.29, 1.82) is 0 Å². The number of carbonyl (C=O) groups is 2. The van der Waals surface area contributed by atoms with Crippen molar-refractivity contribution in [2.75, 3.05) is 13.2 Å². The molecule has 1 aliphatic heterocycles. The van der Waals surface area contributed by atoms with Gasteiger partial charge in [-0.2, -0.15) is 0 Å². The standard InChI is InChI=1S/C21H23NO5/c23-17-12-19(27-18-10-4-2-8-15(17)18)21(25)26-13-20(24)22-11-5-7-14-6-1-3-9-16(14)22/h2,4,8,10,12,14,16H,1,3,5-7,9,11,13H2/t14-,16-/m0/s1. The number of fused-ring (bicyclic) bond motifs is 2. The Morgan fingerprint density at radius 3 is 2.78 bits per heavy atom. The average Bonchev–Trinajstić information content (AvgIpc) is 2.71. The number of benzene rings is 1. The molecule has 1 aromatic carbocycles. The van der Waals surface area contributed by atoms with Gasteiger partial charge in [-0.25, -0.2) is 4.79 Å². The second-order valence-corrected chi connectivity index (χ2v) is 7.39. The van der Waals surface area contributed by atoms with Crippen LogP contribution in [0.3, 0.4) is 0 Å². The summed E-state index contributed by atoms with van der Waals surface area (Å²) >= 11 is 0. The number of rotatable bonds is 3. The molecular formula is C21H23NO5. The lowest BCUT2D eigenvalue weighted by atomic mass is 9.78. The van der Waals surface area contributed by atoms with Crippen LogP contribution in [0.1, 0.15) is 49.1 Å². The van der Waals surface area contributed by atoms with Crippen molar-refractivity contribution < 1.29 is 18.7 Å². The van der Waals surface area contributed by atoms with Gasteiger partial charge in [-0.05, 0) is 43.7 Å². The maximum absolute atomic E-state index is 12.6. The topological polar surface area (TPSA) is 76.8 Å². The molecule has 1 amide bonds. The Hall–Kier alpha value is -2.63. The Morgan fingerprint density at radius 2 is 1.89 bits per heavy atom. The van der Waals surface area contributed by atoms with Crippen LogP contribution in [-0.2, 0) is 9.53 Å². The van der Waals surface area contributed by atoms with Crippen LogP contribution in [0, 0.1) is 5.92 Å². The SMILES string of the molecule is O=C(OCC(=O)N1CCC[C@@H]2CCCC[C@@H]21)c1cc(=O)c2ccccc2o1. The minimum Gasteiger partial charge on any atom is -0.450 e. The van der Waals surface area contributed by atoms with Crippen LogP contribution >= 0.6 is 0 Å². The zero-order valence-corrected chi connectivity index (χ0v) is 15.2. The monoisotopic (exact) mass is 369 g/mol. The van der Waals surface area contributed by atoms with Crippen molar-refractivity contribution in [1.82, 2.24) is 4.90 Å². The predicted octanol–water partition coefficient (Wildman–Crippen LogP) is 3.13. The number of esters is 1. The van der Waals surface area contributed by atoms with Gasteiger partial charge in [-0.1, -0.05) is 25.0 Å². The highest BCUT2D eigenvalue weighted by Crippen LogP contribution is 2.35. The molecule has 0 radical (unpaired) electrons. The lowest BCUT2D eigenvalue weighted by Gasteiger charge is -2.44. The molecule has 1 aliphatic carbocycles. The van der Waals surface area contributed by atoms with Gasteiger partial charge in [0.1, 0.15) is 5.58 Å². The summed E-state index contributed by atoms with van der Waals surface area (Å²) in [6.07, 6.45) is 6.77. The number of amides is 1. The molecule has 2 fully saturated rings. The van der Waals surface area contributed by atoms with Crippen LogP contribution in [0.25, 0.3) is 11.0 Å². The van der Waals surface area contributed by atoms with Crippen LogP contribution in [0.4, 0.5) is 0 Å². The Bertz CT molecular complexity index is 916. The molecule has 27 heavy (non-hydrogen) atoms. The van der Waals surface area contributed by atoms with E-state index in [9.17, 15) is 14.4 Å². The van der Waals surface area contributed by atoms with E-state index >= 15 is 0 Å². The van der Waals surface area contributed by atoms with Crippen molar-refractivity contribution in [3.05, 3.63) is 46.3 Å². The molecule has 0 N–H and O–H groups in total. The molecule has 0 unspecified atom stereocenters. The molecule has 6 heteroatoms. The van der Waals surface area contributed by atoms with E-state index in [4.69, 9.17) is 9.15 Å². The number of hydrogen-bond acceptors (Lipinski definition) is 5. The number of hydrogen-bond donors (Lipinski definition) is 0. The number of ether oxygens (including phenoxy) is 1. The van der Waals surface area contributed by atoms with Gasteiger partial charge in [0, 0.05) is 18.7 Å². The maximum atomic E-state index is 12.6. The molecular weight excluding hydrogens is 346 g/mol. The third-order valence-electron chi connectivity index (χ3n) is 5.73. The van der Waals surface area contributed by atoms with Gasteiger partial charge >= 0.3 is 5.97 Å². The van der Waals surface area contributed by atoms with E-state index in [1.807, 2.05) is 4.90 Å². The van der Waals surface area contributed by atoms with Crippen molar-refractivity contribution in [3.8, 4) is 0 Å². The Balaban J connectivity index is 1.43. The molecule has 6 nitrogen and oxygen atoms in total. The number of piperidine rings is 1. The molecule has 1 saturated heterocycles.